The van der Waals surface area contributed by atoms with E-state index < -0.39 is 0 Å². The second kappa shape index (κ2) is 8.10. The molecular weight excluding hydrogens is 206 g/mol. The Hall–Kier alpha value is -1.10. The molecule has 2 amide bonds. The van der Waals surface area contributed by atoms with Crippen molar-refractivity contribution in [3.05, 3.63) is 0 Å². The predicted molar refractivity (Wildman–Crippen MR) is 63.7 cm³/mol. The summed E-state index contributed by atoms with van der Waals surface area (Å²) in [6.45, 7) is 6.99. The van der Waals surface area contributed by atoms with Crippen LogP contribution in [0.15, 0.2) is 0 Å². The molecule has 0 saturated heterocycles. The van der Waals surface area contributed by atoms with Gasteiger partial charge in [0.25, 0.3) is 0 Å². The van der Waals surface area contributed by atoms with Crippen molar-refractivity contribution in [2.24, 2.45) is 17.6 Å². The SMILES string of the molecule is CC(C)CNC(=O)CNC(=O)C(C)CCN. The van der Waals surface area contributed by atoms with Crippen LogP contribution in [0.3, 0.4) is 0 Å². The van der Waals surface area contributed by atoms with Crippen LogP contribution >= 0.6 is 0 Å². The Kier molecular flexibility index (Phi) is 7.54. The highest BCUT2D eigenvalue weighted by molar-refractivity contribution is 5.85. The number of nitrogens with two attached hydrogens (primary N) is 1. The summed E-state index contributed by atoms with van der Waals surface area (Å²) >= 11 is 0. The van der Waals surface area contributed by atoms with Crippen LogP contribution in [0.5, 0.6) is 0 Å². The van der Waals surface area contributed by atoms with Gasteiger partial charge in [-0.2, -0.15) is 0 Å². The Balaban J connectivity index is 3.70. The summed E-state index contributed by atoms with van der Waals surface area (Å²) in [6.07, 6.45) is 0.638. The van der Waals surface area contributed by atoms with Crippen LogP contribution in [0.2, 0.25) is 0 Å². The molecule has 4 N–H and O–H groups in total. The molecule has 0 aliphatic carbocycles. The van der Waals surface area contributed by atoms with Gasteiger partial charge in [-0.25, -0.2) is 0 Å². The molecule has 0 aliphatic rings. The molecular formula is C11H23N3O2. The van der Waals surface area contributed by atoms with Crippen molar-refractivity contribution < 1.29 is 9.59 Å². The minimum atomic E-state index is -0.151. The lowest BCUT2D eigenvalue weighted by atomic mass is 10.1. The minimum Gasteiger partial charge on any atom is -0.354 e. The zero-order valence-electron chi connectivity index (χ0n) is 10.4. The van der Waals surface area contributed by atoms with E-state index in [0.717, 1.165) is 0 Å². The Morgan fingerprint density at radius 1 is 1.19 bits per heavy atom. The van der Waals surface area contributed by atoms with Gasteiger partial charge in [-0.3, -0.25) is 9.59 Å². The Morgan fingerprint density at radius 2 is 1.81 bits per heavy atom. The van der Waals surface area contributed by atoms with E-state index in [-0.39, 0.29) is 24.3 Å². The summed E-state index contributed by atoms with van der Waals surface area (Å²) in [5, 5.41) is 5.31. The van der Waals surface area contributed by atoms with Crippen molar-refractivity contribution in [2.75, 3.05) is 19.6 Å². The second-order valence-electron chi connectivity index (χ2n) is 4.39. The average molecular weight is 229 g/mol. The monoisotopic (exact) mass is 229 g/mol. The lowest BCUT2D eigenvalue weighted by Crippen LogP contribution is -2.40. The largest absolute Gasteiger partial charge is 0.354 e. The predicted octanol–water partition coefficient (Wildman–Crippen LogP) is -0.140. The van der Waals surface area contributed by atoms with Gasteiger partial charge in [0, 0.05) is 12.5 Å². The summed E-state index contributed by atoms with van der Waals surface area (Å²) in [7, 11) is 0. The zero-order valence-corrected chi connectivity index (χ0v) is 10.4. The van der Waals surface area contributed by atoms with Crippen molar-refractivity contribution in [2.45, 2.75) is 27.2 Å². The van der Waals surface area contributed by atoms with Gasteiger partial charge in [-0.05, 0) is 18.9 Å². The fraction of sp³-hybridized carbons (Fsp3) is 0.818. The summed E-state index contributed by atoms with van der Waals surface area (Å²) in [4.78, 5) is 22.7. The molecule has 1 atom stereocenters. The van der Waals surface area contributed by atoms with Crippen LogP contribution in [0.1, 0.15) is 27.2 Å². The number of hydrogen-bond donors (Lipinski definition) is 3. The molecule has 0 rings (SSSR count). The van der Waals surface area contributed by atoms with E-state index in [2.05, 4.69) is 10.6 Å². The number of amides is 2. The van der Waals surface area contributed by atoms with Gasteiger partial charge < -0.3 is 16.4 Å². The van der Waals surface area contributed by atoms with Crippen LogP contribution in [0.25, 0.3) is 0 Å². The van der Waals surface area contributed by atoms with Crippen molar-refractivity contribution in [3.8, 4) is 0 Å². The highest BCUT2D eigenvalue weighted by Crippen LogP contribution is 1.98. The van der Waals surface area contributed by atoms with Crippen LogP contribution < -0.4 is 16.4 Å². The molecule has 0 aromatic rings. The highest BCUT2D eigenvalue weighted by Gasteiger charge is 2.12. The van der Waals surface area contributed by atoms with Crippen LogP contribution in [-0.2, 0) is 9.59 Å². The summed E-state index contributed by atoms with van der Waals surface area (Å²) < 4.78 is 0. The highest BCUT2D eigenvalue weighted by atomic mass is 16.2. The Labute approximate surface area is 97.2 Å². The van der Waals surface area contributed by atoms with Gasteiger partial charge in [0.05, 0.1) is 6.54 Å². The molecule has 16 heavy (non-hydrogen) atoms. The van der Waals surface area contributed by atoms with Crippen LogP contribution in [0, 0.1) is 11.8 Å². The molecule has 0 saturated carbocycles. The molecule has 1 unspecified atom stereocenters. The third-order valence-electron chi connectivity index (χ3n) is 2.18. The second-order valence-corrected chi connectivity index (χ2v) is 4.39. The van der Waals surface area contributed by atoms with Gasteiger partial charge in [0.2, 0.25) is 11.8 Å². The zero-order chi connectivity index (χ0) is 12.6. The maximum Gasteiger partial charge on any atom is 0.239 e. The van der Waals surface area contributed by atoms with Crippen molar-refractivity contribution >= 4 is 11.8 Å². The molecule has 0 spiro atoms. The third-order valence-corrected chi connectivity index (χ3v) is 2.18. The van der Waals surface area contributed by atoms with Crippen LogP contribution in [0.4, 0.5) is 0 Å². The molecule has 0 fully saturated rings. The minimum absolute atomic E-state index is 0.0421. The number of carbonyl (C=O) groups excluding carboxylic acids is 2. The quantitative estimate of drug-likeness (QED) is 0.568. The van der Waals surface area contributed by atoms with Crippen molar-refractivity contribution in [1.82, 2.24) is 10.6 Å². The van der Waals surface area contributed by atoms with E-state index in [9.17, 15) is 9.59 Å². The summed E-state index contributed by atoms with van der Waals surface area (Å²) in [5.41, 5.74) is 5.34. The average Bonchev–Trinajstić information content (AvgIpc) is 2.23. The van der Waals surface area contributed by atoms with Crippen molar-refractivity contribution in [1.29, 1.82) is 0 Å². The Morgan fingerprint density at radius 3 is 2.31 bits per heavy atom. The van der Waals surface area contributed by atoms with E-state index in [1.54, 1.807) is 6.92 Å². The molecule has 0 aromatic heterocycles. The van der Waals surface area contributed by atoms with Crippen LogP contribution in [-0.4, -0.2) is 31.4 Å². The fourth-order valence-electron chi connectivity index (χ4n) is 1.10. The topological polar surface area (TPSA) is 84.2 Å². The first-order valence-corrected chi connectivity index (χ1v) is 5.71. The van der Waals surface area contributed by atoms with Crippen molar-refractivity contribution in [3.63, 3.8) is 0 Å². The Bertz CT molecular complexity index is 229. The molecule has 5 nitrogen and oxygen atoms in total. The van der Waals surface area contributed by atoms with Gasteiger partial charge in [-0.1, -0.05) is 20.8 Å². The van der Waals surface area contributed by atoms with E-state index in [1.807, 2.05) is 13.8 Å². The normalized spacial score (nSPS) is 12.3. The van der Waals surface area contributed by atoms with Gasteiger partial charge in [-0.15, -0.1) is 0 Å². The first-order valence-electron chi connectivity index (χ1n) is 5.71. The third kappa shape index (κ3) is 7.23. The van der Waals surface area contributed by atoms with Gasteiger partial charge >= 0.3 is 0 Å². The number of nitrogens with one attached hydrogen (secondary N) is 2. The van der Waals surface area contributed by atoms with Gasteiger partial charge in [0.15, 0.2) is 0 Å². The standard InChI is InChI=1S/C11H23N3O2/c1-8(2)6-13-10(15)7-14-11(16)9(3)4-5-12/h8-9H,4-7,12H2,1-3H3,(H,13,15)(H,14,16). The molecule has 5 heteroatoms. The van der Waals surface area contributed by atoms with E-state index in [1.165, 1.54) is 0 Å². The smallest absolute Gasteiger partial charge is 0.239 e. The maximum absolute atomic E-state index is 11.4. The number of rotatable bonds is 7. The molecule has 0 radical (unpaired) electrons. The molecule has 0 aromatic carbocycles. The van der Waals surface area contributed by atoms with E-state index >= 15 is 0 Å². The lowest BCUT2D eigenvalue weighted by molar-refractivity contribution is -0.128. The molecule has 94 valence electrons. The molecule has 0 bridgehead atoms. The van der Waals surface area contributed by atoms with Gasteiger partial charge in [0.1, 0.15) is 0 Å². The van der Waals surface area contributed by atoms with E-state index in [4.69, 9.17) is 5.73 Å². The number of carbonyl (C=O) groups is 2. The maximum atomic E-state index is 11.4. The lowest BCUT2D eigenvalue weighted by Gasteiger charge is -2.11. The summed E-state index contributed by atoms with van der Waals surface area (Å²) in [5.74, 6) is 0.00543. The number of hydrogen-bond acceptors (Lipinski definition) is 3. The fourth-order valence-corrected chi connectivity index (χ4v) is 1.10. The van der Waals surface area contributed by atoms with E-state index in [0.29, 0.717) is 25.4 Å². The first kappa shape index (κ1) is 14.9. The first-order chi connectivity index (χ1) is 7.47. The molecule has 0 aliphatic heterocycles. The summed E-state index contributed by atoms with van der Waals surface area (Å²) in [6, 6.07) is 0. The molecule has 0 heterocycles.